The van der Waals surface area contributed by atoms with E-state index in [9.17, 15) is 23.3 Å². The van der Waals surface area contributed by atoms with Gasteiger partial charge in [-0.15, -0.1) is 0 Å². The number of nitro benzene ring substituents is 1. The lowest BCUT2D eigenvalue weighted by Gasteiger charge is -2.01. The van der Waals surface area contributed by atoms with Gasteiger partial charge in [-0.1, -0.05) is 0 Å². The van der Waals surface area contributed by atoms with Crippen LogP contribution in [0.15, 0.2) is 17.0 Å². The molecule has 0 aliphatic carbocycles. The van der Waals surface area contributed by atoms with Crippen molar-refractivity contribution in [3.05, 3.63) is 31.4 Å². The molecule has 0 heterocycles. The molecule has 0 aliphatic heterocycles. The monoisotopic (exact) mass is 375 g/mol. The van der Waals surface area contributed by atoms with Crippen LogP contribution in [0, 0.1) is 13.7 Å². The standard InChI is InChI=1S/C7H3ClINO5S/c8-16(14,15)4-1-6(9)5(3-11)7(2-4)10(12)13/h1-3H. The van der Waals surface area contributed by atoms with Gasteiger partial charge in [-0.25, -0.2) is 8.42 Å². The fraction of sp³-hybridized carbons (Fsp3) is 0. The van der Waals surface area contributed by atoms with Crippen LogP contribution in [0.2, 0.25) is 0 Å². The van der Waals surface area contributed by atoms with Crippen molar-refractivity contribution >= 4 is 54.3 Å². The second-order valence-corrected chi connectivity index (χ2v) is 6.38. The van der Waals surface area contributed by atoms with E-state index in [1.807, 2.05) is 0 Å². The van der Waals surface area contributed by atoms with Gasteiger partial charge in [0, 0.05) is 20.3 Å². The predicted molar refractivity (Wildman–Crippen MR) is 64.2 cm³/mol. The Labute approximate surface area is 108 Å². The molecule has 0 radical (unpaired) electrons. The van der Waals surface area contributed by atoms with Crippen LogP contribution in [0.3, 0.4) is 0 Å². The highest BCUT2D eigenvalue weighted by molar-refractivity contribution is 14.1. The SMILES string of the molecule is O=Cc1c(I)cc(S(=O)(=O)Cl)cc1[N+](=O)[O-]. The van der Waals surface area contributed by atoms with Crippen LogP contribution in [-0.2, 0) is 9.05 Å². The first-order valence-corrected chi connectivity index (χ1v) is 7.04. The first-order chi connectivity index (χ1) is 7.27. The summed E-state index contributed by atoms with van der Waals surface area (Å²) < 4.78 is 22.2. The Balaban J connectivity index is 3.65. The number of carbonyl (C=O) groups excluding carboxylic acids is 1. The molecule has 0 N–H and O–H groups in total. The van der Waals surface area contributed by atoms with Crippen molar-refractivity contribution in [2.45, 2.75) is 4.90 Å². The molecule has 0 unspecified atom stereocenters. The number of nitrogens with zero attached hydrogens (tertiary/aromatic N) is 1. The zero-order valence-electron chi connectivity index (χ0n) is 7.38. The van der Waals surface area contributed by atoms with Crippen LogP contribution >= 0.6 is 33.3 Å². The molecule has 9 heteroatoms. The molecule has 0 fully saturated rings. The van der Waals surface area contributed by atoms with E-state index in [4.69, 9.17) is 10.7 Å². The lowest BCUT2D eigenvalue weighted by atomic mass is 10.2. The summed E-state index contributed by atoms with van der Waals surface area (Å²) in [7, 11) is 1.00. The molecule has 6 nitrogen and oxygen atoms in total. The van der Waals surface area contributed by atoms with E-state index in [0.717, 1.165) is 12.1 Å². The summed E-state index contributed by atoms with van der Waals surface area (Å²) in [6, 6.07) is 1.86. The zero-order valence-corrected chi connectivity index (χ0v) is 11.1. The van der Waals surface area contributed by atoms with Crippen LogP contribution < -0.4 is 0 Å². The first kappa shape index (κ1) is 13.3. The van der Waals surface area contributed by atoms with Crippen LogP contribution in [0.4, 0.5) is 5.69 Å². The minimum absolute atomic E-state index is 0.154. The molecular weight excluding hydrogens is 373 g/mol. The minimum atomic E-state index is -4.06. The molecule has 0 spiro atoms. The summed E-state index contributed by atoms with van der Waals surface area (Å²) >= 11 is 1.63. The predicted octanol–water partition coefficient (Wildman–Crippen LogP) is 1.94. The van der Waals surface area contributed by atoms with Gasteiger partial charge in [0.15, 0.2) is 6.29 Å². The Morgan fingerprint density at radius 3 is 2.38 bits per heavy atom. The van der Waals surface area contributed by atoms with Crippen molar-refractivity contribution in [1.29, 1.82) is 0 Å². The summed E-state index contributed by atoms with van der Waals surface area (Å²) in [6.45, 7) is 0. The van der Waals surface area contributed by atoms with E-state index in [1.54, 1.807) is 22.6 Å². The van der Waals surface area contributed by atoms with Gasteiger partial charge in [0.1, 0.15) is 5.56 Å². The van der Waals surface area contributed by atoms with E-state index >= 15 is 0 Å². The molecule has 0 saturated carbocycles. The highest BCUT2D eigenvalue weighted by Crippen LogP contribution is 2.28. The summed E-state index contributed by atoms with van der Waals surface area (Å²) in [5.41, 5.74) is -0.754. The maximum absolute atomic E-state index is 11.0. The summed E-state index contributed by atoms with van der Waals surface area (Å²) in [5, 5.41) is 10.6. The fourth-order valence-electron chi connectivity index (χ4n) is 0.988. The first-order valence-electron chi connectivity index (χ1n) is 3.65. The third-order valence-corrected chi connectivity index (χ3v) is 3.90. The number of aldehydes is 1. The van der Waals surface area contributed by atoms with Crippen molar-refractivity contribution in [3.63, 3.8) is 0 Å². The topological polar surface area (TPSA) is 94.3 Å². The number of nitro groups is 1. The van der Waals surface area contributed by atoms with Crippen LogP contribution in [0.25, 0.3) is 0 Å². The van der Waals surface area contributed by atoms with Gasteiger partial charge >= 0.3 is 0 Å². The fourth-order valence-corrected chi connectivity index (χ4v) is 2.72. The Morgan fingerprint density at radius 1 is 1.44 bits per heavy atom. The molecule has 0 atom stereocenters. The Hall–Kier alpha value is -0.740. The third-order valence-electron chi connectivity index (χ3n) is 1.68. The second-order valence-electron chi connectivity index (χ2n) is 2.65. The van der Waals surface area contributed by atoms with E-state index in [1.165, 1.54) is 0 Å². The van der Waals surface area contributed by atoms with Crippen LogP contribution in [0.5, 0.6) is 0 Å². The van der Waals surface area contributed by atoms with E-state index in [-0.39, 0.29) is 9.13 Å². The largest absolute Gasteiger partial charge is 0.298 e. The van der Waals surface area contributed by atoms with Gasteiger partial charge in [-0.3, -0.25) is 14.9 Å². The maximum atomic E-state index is 11.0. The van der Waals surface area contributed by atoms with Crippen molar-refractivity contribution < 1.29 is 18.1 Å². The van der Waals surface area contributed by atoms with Gasteiger partial charge in [0.25, 0.3) is 14.7 Å². The van der Waals surface area contributed by atoms with Crippen molar-refractivity contribution in [2.75, 3.05) is 0 Å². The molecule has 86 valence electrons. The average molecular weight is 376 g/mol. The van der Waals surface area contributed by atoms with Gasteiger partial charge in [0.2, 0.25) is 0 Å². The van der Waals surface area contributed by atoms with Crippen LogP contribution in [-0.4, -0.2) is 19.6 Å². The average Bonchev–Trinajstić information content (AvgIpc) is 2.14. The Bertz CT molecular complexity index is 570. The molecule has 1 aromatic rings. The number of benzene rings is 1. The molecule has 0 aromatic heterocycles. The van der Waals surface area contributed by atoms with E-state index in [2.05, 4.69) is 0 Å². The van der Waals surface area contributed by atoms with Gasteiger partial charge in [0.05, 0.1) is 9.82 Å². The molecule has 0 aliphatic rings. The van der Waals surface area contributed by atoms with E-state index < -0.39 is 24.6 Å². The van der Waals surface area contributed by atoms with Gasteiger partial charge < -0.3 is 0 Å². The van der Waals surface area contributed by atoms with Crippen molar-refractivity contribution in [1.82, 2.24) is 0 Å². The summed E-state index contributed by atoms with van der Waals surface area (Å²) in [6.07, 6.45) is 0.296. The van der Waals surface area contributed by atoms with Crippen molar-refractivity contribution in [3.8, 4) is 0 Å². The summed E-state index contributed by atoms with van der Waals surface area (Å²) in [4.78, 5) is 20.0. The smallest absolute Gasteiger partial charge is 0.282 e. The van der Waals surface area contributed by atoms with Crippen molar-refractivity contribution in [2.24, 2.45) is 0 Å². The van der Waals surface area contributed by atoms with Gasteiger partial charge in [-0.2, -0.15) is 0 Å². The molecule has 16 heavy (non-hydrogen) atoms. The van der Waals surface area contributed by atoms with Crippen LogP contribution in [0.1, 0.15) is 10.4 Å². The normalized spacial score (nSPS) is 11.1. The molecular formula is C7H3ClINO5S. The highest BCUT2D eigenvalue weighted by atomic mass is 127. The number of hydrogen-bond donors (Lipinski definition) is 0. The second kappa shape index (κ2) is 4.63. The third kappa shape index (κ3) is 2.68. The molecule has 1 rings (SSSR count). The highest BCUT2D eigenvalue weighted by Gasteiger charge is 2.22. The quantitative estimate of drug-likeness (QED) is 0.264. The van der Waals surface area contributed by atoms with E-state index in [0.29, 0.717) is 6.29 Å². The van der Waals surface area contributed by atoms with Gasteiger partial charge in [-0.05, 0) is 28.7 Å². The Morgan fingerprint density at radius 2 is 2.00 bits per heavy atom. The molecule has 0 saturated heterocycles. The number of hydrogen-bond acceptors (Lipinski definition) is 5. The number of rotatable bonds is 3. The maximum Gasteiger partial charge on any atom is 0.282 e. The minimum Gasteiger partial charge on any atom is -0.298 e. The molecule has 0 amide bonds. The number of carbonyl (C=O) groups is 1. The lowest BCUT2D eigenvalue weighted by molar-refractivity contribution is -0.385. The number of halogens is 2. The zero-order chi connectivity index (χ0) is 12.5. The molecule has 1 aromatic carbocycles. The lowest BCUT2D eigenvalue weighted by Crippen LogP contribution is -2.01. The summed E-state index contributed by atoms with van der Waals surface area (Å²) in [5.74, 6) is 0. The Kier molecular flexibility index (Phi) is 3.86. The molecule has 0 bridgehead atoms.